The Balaban J connectivity index is 1.65. The average Bonchev–Trinajstić information content (AvgIpc) is 2.98. The van der Waals surface area contributed by atoms with E-state index in [4.69, 9.17) is 5.11 Å². The summed E-state index contributed by atoms with van der Waals surface area (Å²) >= 11 is 0. The molecule has 1 heterocycles. The first-order valence-electron chi connectivity index (χ1n) is 13.3. The van der Waals surface area contributed by atoms with Gasteiger partial charge < -0.3 is 15.7 Å². The highest BCUT2D eigenvalue weighted by Crippen LogP contribution is 2.41. The molecule has 6 nitrogen and oxygen atoms in total. The first-order valence-corrected chi connectivity index (χ1v) is 13.3. The van der Waals surface area contributed by atoms with Gasteiger partial charge in [0.25, 0.3) is 5.91 Å². The van der Waals surface area contributed by atoms with Gasteiger partial charge in [0.15, 0.2) is 0 Å². The molecule has 0 spiro atoms. The maximum absolute atomic E-state index is 14.0. The minimum absolute atomic E-state index is 0.0312. The number of rotatable bonds is 9. The first-order chi connectivity index (χ1) is 21.8. The van der Waals surface area contributed by atoms with Crippen LogP contribution in [0.5, 0.6) is 0 Å². The van der Waals surface area contributed by atoms with Crippen LogP contribution < -0.4 is 10.6 Å². The lowest BCUT2D eigenvalue weighted by atomic mass is 9.96. The van der Waals surface area contributed by atoms with Crippen LogP contribution in [0.25, 0.3) is 22.3 Å². The number of nitrogens with one attached hydrogen (secondary N) is 2. The van der Waals surface area contributed by atoms with Gasteiger partial charge in [-0.3, -0.25) is 14.6 Å². The number of amides is 1. The highest BCUT2D eigenvalue weighted by Gasteiger charge is 2.37. The van der Waals surface area contributed by atoms with Gasteiger partial charge in [0.1, 0.15) is 11.5 Å². The van der Waals surface area contributed by atoms with E-state index < -0.39 is 64.0 Å². The van der Waals surface area contributed by atoms with Crippen molar-refractivity contribution in [2.24, 2.45) is 0 Å². The van der Waals surface area contributed by atoms with E-state index in [9.17, 15) is 53.5 Å². The maximum atomic E-state index is 14.0. The molecule has 3 N–H and O–H groups in total. The van der Waals surface area contributed by atoms with Gasteiger partial charge in [-0.15, -0.1) is 0 Å². The van der Waals surface area contributed by atoms with Gasteiger partial charge in [0.05, 0.1) is 23.1 Å². The smallest absolute Gasteiger partial charge is 0.419 e. The molecule has 0 bridgehead atoms. The van der Waals surface area contributed by atoms with Gasteiger partial charge in [0, 0.05) is 30.5 Å². The molecule has 0 unspecified atom stereocenters. The van der Waals surface area contributed by atoms with Crippen molar-refractivity contribution < 1.29 is 58.6 Å². The van der Waals surface area contributed by atoms with Gasteiger partial charge in [-0.05, 0) is 64.7 Å². The molecule has 0 fully saturated rings. The van der Waals surface area contributed by atoms with Crippen LogP contribution in [0.3, 0.4) is 0 Å². The Morgan fingerprint density at radius 3 is 2.00 bits per heavy atom. The SMILES string of the molecule is O=C(O)CCNC(=O)c1ccc(-c2cc(C(F)(F)F)ccc2CNc2ccc(-c3ccc(F)c(C(F)(F)F)c3)c(C(F)(F)F)c2)cn1. The van der Waals surface area contributed by atoms with E-state index in [0.717, 1.165) is 42.6 Å². The quantitative estimate of drug-likeness (QED) is 0.155. The number of hydrogen-bond donors (Lipinski definition) is 3. The number of aliphatic carboxylic acids is 1. The topological polar surface area (TPSA) is 91.3 Å². The molecule has 4 rings (SSSR count). The Hall–Kier alpha value is -5.15. The van der Waals surface area contributed by atoms with Crippen LogP contribution in [0.15, 0.2) is 72.9 Å². The van der Waals surface area contributed by atoms with E-state index in [1.54, 1.807) is 0 Å². The third kappa shape index (κ3) is 8.56. The number of carboxylic acids is 1. The Morgan fingerprint density at radius 2 is 1.40 bits per heavy atom. The minimum Gasteiger partial charge on any atom is -0.481 e. The van der Waals surface area contributed by atoms with Gasteiger partial charge in [0.2, 0.25) is 0 Å². The second-order valence-electron chi connectivity index (χ2n) is 10.0. The number of pyridine rings is 1. The van der Waals surface area contributed by atoms with Crippen molar-refractivity contribution in [3.8, 4) is 22.3 Å². The summed E-state index contributed by atoms with van der Waals surface area (Å²) in [6.45, 7) is -0.521. The molecule has 0 aliphatic rings. The highest BCUT2D eigenvalue weighted by molar-refractivity contribution is 5.92. The van der Waals surface area contributed by atoms with E-state index in [1.807, 2.05) is 0 Å². The predicted octanol–water partition coefficient (Wildman–Crippen LogP) is 8.43. The number of nitrogens with zero attached hydrogens (tertiary/aromatic N) is 1. The summed E-state index contributed by atoms with van der Waals surface area (Å²) in [4.78, 5) is 26.8. The molecule has 1 aromatic heterocycles. The molecule has 248 valence electrons. The van der Waals surface area contributed by atoms with Crippen LogP contribution in [-0.4, -0.2) is 28.5 Å². The summed E-state index contributed by atoms with van der Waals surface area (Å²) in [7, 11) is 0. The number of carboxylic acid groups (broad SMARTS) is 1. The molecule has 3 aromatic carbocycles. The molecule has 0 aliphatic heterocycles. The van der Waals surface area contributed by atoms with Gasteiger partial charge in [-0.1, -0.05) is 24.3 Å². The van der Waals surface area contributed by atoms with Gasteiger partial charge >= 0.3 is 24.5 Å². The number of anilines is 1. The van der Waals surface area contributed by atoms with E-state index >= 15 is 0 Å². The standard InChI is InChI=1S/C31H21F10N3O3/c32-25-7-2-16(11-24(25)31(39,40)41)21-6-5-20(13-23(21)30(36,37)38)43-14-17-1-4-19(29(33,34)35)12-22(17)18-3-8-26(44-15-18)28(47)42-10-9-27(45)46/h1-8,11-13,15,43H,9-10,14H2,(H,42,47)(H,45,46). The largest absolute Gasteiger partial charge is 0.481 e. The zero-order valence-corrected chi connectivity index (χ0v) is 23.5. The Bertz CT molecular complexity index is 1780. The van der Waals surface area contributed by atoms with Crippen LogP contribution in [0.1, 0.15) is 39.2 Å². The lowest BCUT2D eigenvalue weighted by molar-refractivity contribution is -0.140. The normalized spacial score (nSPS) is 12.1. The number of benzene rings is 3. The van der Waals surface area contributed by atoms with E-state index in [-0.39, 0.29) is 53.6 Å². The lowest BCUT2D eigenvalue weighted by Crippen LogP contribution is -2.26. The summed E-state index contributed by atoms with van der Waals surface area (Å²) in [5.41, 5.74) is -5.45. The van der Waals surface area contributed by atoms with Crippen molar-refractivity contribution in [2.75, 3.05) is 11.9 Å². The van der Waals surface area contributed by atoms with Gasteiger partial charge in [-0.25, -0.2) is 4.39 Å². The van der Waals surface area contributed by atoms with Crippen molar-refractivity contribution in [3.63, 3.8) is 0 Å². The fourth-order valence-corrected chi connectivity index (χ4v) is 4.48. The highest BCUT2D eigenvalue weighted by atomic mass is 19.4. The Kier molecular flexibility index (Phi) is 9.82. The van der Waals surface area contributed by atoms with Crippen molar-refractivity contribution in [3.05, 3.63) is 107 Å². The lowest BCUT2D eigenvalue weighted by Gasteiger charge is -2.18. The second-order valence-corrected chi connectivity index (χ2v) is 10.0. The van der Waals surface area contributed by atoms with E-state index in [0.29, 0.717) is 12.1 Å². The van der Waals surface area contributed by atoms with E-state index in [1.165, 1.54) is 12.1 Å². The summed E-state index contributed by atoms with van der Waals surface area (Å²) in [6, 6.07) is 9.17. The molecule has 0 saturated heterocycles. The summed E-state index contributed by atoms with van der Waals surface area (Å²) in [5, 5.41) is 13.7. The molecular weight excluding hydrogens is 652 g/mol. The fourth-order valence-electron chi connectivity index (χ4n) is 4.48. The van der Waals surface area contributed by atoms with Crippen LogP contribution in [0.2, 0.25) is 0 Å². The molecule has 47 heavy (non-hydrogen) atoms. The average molecular weight is 674 g/mol. The third-order valence-electron chi connectivity index (χ3n) is 6.76. The molecule has 0 saturated carbocycles. The maximum Gasteiger partial charge on any atom is 0.419 e. The number of carbonyl (C=O) groups is 2. The monoisotopic (exact) mass is 673 g/mol. The molecule has 0 aliphatic carbocycles. The number of alkyl halides is 9. The Morgan fingerprint density at radius 1 is 0.723 bits per heavy atom. The molecule has 16 heteroatoms. The zero-order chi connectivity index (χ0) is 34.7. The zero-order valence-electron chi connectivity index (χ0n) is 23.5. The number of aromatic nitrogens is 1. The van der Waals surface area contributed by atoms with Crippen LogP contribution in [0.4, 0.5) is 49.6 Å². The van der Waals surface area contributed by atoms with Crippen LogP contribution >= 0.6 is 0 Å². The number of carbonyl (C=O) groups excluding carboxylic acids is 1. The molecular formula is C31H21F10N3O3. The molecule has 0 atom stereocenters. The van der Waals surface area contributed by atoms with Gasteiger partial charge in [-0.2, -0.15) is 39.5 Å². The molecule has 0 radical (unpaired) electrons. The number of hydrogen-bond acceptors (Lipinski definition) is 4. The second kappa shape index (κ2) is 13.3. The van der Waals surface area contributed by atoms with E-state index in [2.05, 4.69) is 15.6 Å². The summed E-state index contributed by atoms with van der Waals surface area (Å²) in [5.74, 6) is -3.55. The number of halogens is 10. The summed E-state index contributed by atoms with van der Waals surface area (Å²) < 4.78 is 136. The van der Waals surface area contributed by atoms with Crippen molar-refractivity contribution in [1.29, 1.82) is 0 Å². The molecule has 1 amide bonds. The predicted molar refractivity (Wildman–Crippen MR) is 148 cm³/mol. The minimum atomic E-state index is -5.16. The van der Waals surface area contributed by atoms with Crippen molar-refractivity contribution in [2.45, 2.75) is 31.5 Å². The summed E-state index contributed by atoms with van der Waals surface area (Å²) in [6.07, 6.45) is -14.2. The van der Waals surface area contributed by atoms with Crippen molar-refractivity contribution in [1.82, 2.24) is 10.3 Å². The third-order valence-corrected chi connectivity index (χ3v) is 6.76. The fraction of sp³-hybridized carbons (Fsp3) is 0.194. The first kappa shape index (κ1) is 34.7. The van der Waals surface area contributed by atoms with Crippen molar-refractivity contribution >= 4 is 17.6 Å². The van der Waals surface area contributed by atoms with Crippen LogP contribution in [-0.2, 0) is 29.9 Å². The van der Waals surface area contributed by atoms with Crippen LogP contribution in [0, 0.1) is 5.82 Å². The Labute approximate surface area is 259 Å². The molecule has 4 aromatic rings.